The van der Waals surface area contributed by atoms with E-state index in [-0.39, 0.29) is 0 Å². The lowest BCUT2D eigenvalue weighted by atomic mass is 9.86. The topological polar surface area (TPSA) is 41.5 Å². The van der Waals surface area contributed by atoms with Crippen LogP contribution in [-0.2, 0) is 11.2 Å². The Morgan fingerprint density at radius 1 is 1.52 bits per heavy atom. The highest BCUT2D eigenvalue weighted by atomic mass is 16.6. The van der Waals surface area contributed by atoms with Gasteiger partial charge in [-0.3, -0.25) is 0 Å². The molecule has 21 heavy (non-hydrogen) atoms. The van der Waals surface area contributed by atoms with E-state index in [0.29, 0.717) is 12.0 Å². The summed E-state index contributed by atoms with van der Waals surface area (Å²) in [4.78, 5) is 0. The van der Waals surface area contributed by atoms with Crippen LogP contribution in [0.5, 0.6) is 0 Å². The summed E-state index contributed by atoms with van der Waals surface area (Å²) in [5, 5.41) is 13.5. The van der Waals surface area contributed by atoms with Crippen molar-refractivity contribution in [3.05, 3.63) is 47.5 Å². The Kier molecular flexibility index (Phi) is 5.97. The van der Waals surface area contributed by atoms with Gasteiger partial charge in [0.05, 0.1) is 0 Å². The summed E-state index contributed by atoms with van der Waals surface area (Å²) in [5.41, 5.74) is 3.55. The second kappa shape index (κ2) is 7.74. The zero-order chi connectivity index (χ0) is 15.2. The normalized spacial score (nSPS) is 20.6. The number of aliphatic hydroxyl groups excluding tert-OH is 1. The third-order valence-electron chi connectivity index (χ3n) is 4.27. The second-order valence-corrected chi connectivity index (χ2v) is 6.03. The average molecular weight is 289 g/mol. The van der Waals surface area contributed by atoms with Gasteiger partial charge in [0.2, 0.25) is 0 Å². The number of hydrogen-bond donors (Lipinski definition) is 2. The van der Waals surface area contributed by atoms with Gasteiger partial charge in [-0.1, -0.05) is 25.1 Å². The third-order valence-corrected chi connectivity index (χ3v) is 4.27. The largest absolute Gasteiger partial charge is 0.364 e. The summed E-state index contributed by atoms with van der Waals surface area (Å²) >= 11 is 0. The maximum atomic E-state index is 9.85. The lowest BCUT2D eigenvalue weighted by molar-refractivity contribution is -0.0770. The summed E-state index contributed by atoms with van der Waals surface area (Å²) in [6.07, 6.45) is 5.67. The Morgan fingerprint density at radius 3 is 3.05 bits per heavy atom. The van der Waals surface area contributed by atoms with Crippen LogP contribution in [0.4, 0.5) is 0 Å². The molecule has 0 amide bonds. The van der Waals surface area contributed by atoms with E-state index < -0.39 is 6.29 Å². The van der Waals surface area contributed by atoms with Crippen molar-refractivity contribution >= 4 is 0 Å². The van der Waals surface area contributed by atoms with E-state index in [9.17, 15) is 5.11 Å². The van der Waals surface area contributed by atoms with Crippen LogP contribution in [0.1, 0.15) is 55.2 Å². The molecule has 2 rings (SSSR count). The molecule has 116 valence electrons. The molecule has 2 N–H and O–H groups in total. The van der Waals surface area contributed by atoms with Crippen LogP contribution in [0.15, 0.2) is 30.9 Å². The number of aliphatic hydroxyl groups is 1. The number of hydrogen-bond acceptors (Lipinski definition) is 3. The van der Waals surface area contributed by atoms with Crippen LogP contribution in [0.25, 0.3) is 0 Å². The molecule has 3 unspecified atom stereocenters. The fourth-order valence-electron chi connectivity index (χ4n) is 3.03. The molecule has 0 radical (unpaired) electrons. The maximum Gasteiger partial charge on any atom is 0.180 e. The van der Waals surface area contributed by atoms with E-state index in [1.165, 1.54) is 24.7 Å². The molecule has 0 aromatic heterocycles. The summed E-state index contributed by atoms with van der Waals surface area (Å²) < 4.78 is 5.02. The van der Waals surface area contributed by atoms with Crippen LogP contribution < -0.4 is 5.32 Å². The standard InChI is InChI=1S/C18H27NO2/c1-4-6-13(2)12-19-17-8-5-7-14-9-10-15(11-16(14)17)18(20)21-3/h4,9-11,13,17-20H,1,5-8,12H2,2-3H3. The number of rotatable bonds is 7. The van der Waals surface area contributed by atoms with Gasteiger partial charge in [0, 0.05) is 18.7 Å². The Hall–Kier alpha value is -1.16. The molecule has 1 aliphatic carbocycles. The predicted molar refractivity (Wildman–Crippen MR) is 86.1 cm³/mol. The van der Waals surface area contributed by atoms with Crippen molar-refractivity contribution in [1.29, 1.82) is 0 Å². The minimum absolute atomic E-state index is 0.380. The van der Waals surface area contributed by atoms with Crippen LogP contribution in [0, 0.1) is 5.92 Å². The number of ether oxygens (including phenoxy) is 1. The van der Waals surface area contributed by atoms with Gasteiger partial charge in [-0.05, 0) is 55.3 Å². The van der Waals surface area contributed by atoms with Gasteiger partial charge < -0.3 is 15.2 Å². The van der Waals surface area contributed by atoms with Crippen molar-refractivity contribution in [1.82, 2.24) is 5.32 Å². The minimum Gasteiger partial charge on any atom is -0.364 e. The summed E-state index contributed by atoms with van der Waals surface area (Å²) in [6.45, 7) is 7.04. The highest BCUT2D eigenvalue weighted by molar-refractivity contribution is 5.36. The molecular formula is C18H27NO2. The number of methoxy groups -OCH3 is 1. The van der Waals surface area contributed by atoms with Gasteiger partial charge in [-0.15, -0.1) is 6.58 Å². The monoisotopic (exact) mass is 289 g/mol. The molecule has 1 aromatic rings. The number of allylic oxidation sites excluding steroid dienone is 1. The highest BCUT2D eigenvalue weighted by Crippen LogP contribution is 2.32. The Morgan fingerprint density at radius 2 is 2.33 bits per heavy atom. The van der Waals surface area contributed by atoms with Crippen molar-refractivity contribution in [3.63, 3.8) is 0 Å². The molecule has 3 atom stereocenters. The molecule has 3 heteroatoms. The van der Waals surface area contributed by atoms with Crippen molar-refractivity contribution in [2.24, 2.45) is 5.92 Å². The molecule has 3 nitrogen and oxygen atoms in total. The third kappa shape index (κ3) is 4.16. The summed E-state index contributed by atoms with van der Waals surface area (Å²) in [6, 6.07) is 6.58. The van der Waals surface area contributed by atoms with Crippen LogP contribution in [0.3, 0.4) is 0 Å². The van der Waals surface area contributed by atoms with E-state index >= 15 is 0 Å². The predicted octanol–water partition coefficient (Wildman–Crippen LogP) is 3.50. The van der Waals surface area contributed by atoms with E-state index in [1.54, 1.807) is 0 Å². The summed E-state index contributed by atoms with van der Waals surface area (Å²) in [7, 11) is 1.52. The van der Waals surface area contributed by atoms with Crippen LogP contribution in [-0.4, -0.2) is 18.8 Å². The Balaban J connectivity index is 2.11. The number of fused-ring (bicyclic) bond motifs is 1. The van der Waals surface area contributed by atoms with Gasteiger partial charge in [0.1, 0.15) is 0 Å². The molecule has 0 bridgehead atoms. The van der Waals surface area contributed by atoms with Crippen molar-refractivity contribution < 1.29 is 9.84 Å². The first-order valence-electron chi connectivity index (χ1n) is 7.83. The minimum atomic E-state index is -0.836. The lowest BCUT2D eigenvalue weighted by Crippen LogP contribution is -2.29. The highest BCUT2D eigenvalue weighted by Gasteiger charge is 2.21. The Bertz CT molecular complexity index is 472. The smallest absolute Gasteiger partial charge is 0.180 e. The maximum absolute atomic E-state index is 9.85. The van der Waals surface area contributed by atoms with E-state index in [1.807, 2.05) is 12.1 Å². The first-order valence-corrected chi connectivity index (χ1v) is 7.83. The van der Waals surface area contributed by atoms with Gasteiger partial charge in [0.15, 0.2) is 6.29 Å². The molecular weight excluding hydrogens is 262 g/mol. The van der Waals surface area contributed by atoms with E-state index in [4.69, 9.17) is 4.74 Å². The van der Waals surface area contributed by atoms with Gasteiger partial charge in [0.25, 0.3) is 0 Å². The number of aryl methyl sites for hydroxylation is 1. The number of nitrogens with one attached hydrogen (secondary N) is 1. The van der Waals surface area contributed by atoms with Gasteiger partial charge >= 0.3 is 0 Å². The summed E-state index contributed by atoms with van der Waals surface area (Å²) in [5.74, 6) is 0.598. The Labute approximate surface area is 128 Å². The molecule has 0 saturated heterocycles. The zero-order valence-corrected chi connectivity index (χ0v) is 13.1. The SMILES string of the molecule is C=CCC(C)CNC1CCCc2ccc(C(O)OC)cc21. The van der Waals surface area contributed by atoms with E-state index in [0.717, 1.165) is 31.4 Å². The molecule has 0 heterocycles. The molecule has 0 spiro atoms. The van der Waals surface area contributed by atoms with Crippen molar-refractivity contribution in [2.45, 2.75) is 44.9 Å². The van der Waals surface area contributed by atoms with E-state index in [2.05, 4.69) is 31.0 Å². The average Bonchev–Trinajstić information content (AvgIpc) is 2.51. The van der Waals surface area contributed by atoms with Crippen LogP contribution in [0.2, 0.25) is 0 Å². The quantitative estimate of drug-likeness (QED) is 0.596. The first-order chi connectivity index (χ1) is 10.2. The molecule has 1 aliphatic rings. The molecule has 0 fully saturated rings. The number of benzene rings is 1. The fraction of sp³-hybridized carbons (Fsp3) is 0.556. The van der Waals surface area contributed by atoms with Gasteiger partial charge in [-0.2, -0.15) is 0 Å². The fourth-order valence-corrected chi connectivity index (χ4v) is 3.03. The second-order valence-electron chi connectivity index (χ2n) is 6.03. The van der Waals surface area contributed by atoms with Crippen LogP contribution >= 0.6 is 0 Å². The molecule has 1 aromatic carbocycles. The lowest BCUT2D eigenvalue weighted by Gasteiger charge is -2.28. The zero-order valence-electron chi connectivity index (χ0n) is 13.1. The first kappa shape index (κ1) is 16.2. The van der Waals surface area contributed by atoms with Gasteiger partial charge in [-0.25, -0.2) is 0 Å². The van der Waals surface area contributed by atoms with Crippen molar-refractivity contribution in [3.8, 4) is 0 Å². The van der Waals surface area contributed by atoms with Crippen molar-refractivity contribution in [2.75, 3.05) is 13.7 Å². The molecule has 0 aliphatic heterocycles. The molecule has 0 saturated carbocycles.